The lowest BCUT2D eigenvalue weighted by molar-refractivity contribution is -0.124. The standard InChI is InChI=1S/C23H29N5O5S/c1-5-33-17-8-6-16(7-9-17)25-23(30)15-24-22(29)13-12-21-26-19-14-18(34(31,32)27(2)3)10-11-20(19)28(21)4/h6-11,14H,5,12-13,15H2,1-4H3,(H,24,29)(H,25,30). The van der Waals surface area contributed by atoms with Crippen LogP contribution in [0.2, 0.25) is 0 Å². The van der Waals surface area contributed by atoms with Gasteiger partial charge in [-0.3, -0.25) is 9.59 Å². The van der Waals surface area contributed by atoms with Crippen LogP contribution in [0.4, 0.5) is 5.69 Å². The van der Waals surface area contributed by atoms with Crippen LogP contribution in [0.5, 0.6) is 5.75 Å². The number of carbonyl (C=O) groups is 2. The summed E-state index contributed by atoms with van der Waals surface area (Å²) in [7, 11) is 1.19. The van der Waals surface area contributed by atoms with Crippen LogP contribution in [0.3, 0.4) is 0 Å². The second-order valence-corrected chi connectivity index (χ2v) is 9.96. The van der Waals surface area contributed by atoms with E-state index >= 15 is 0 Å². The lowest BCUT2D eigenvalue weighted by Gasteiger charge is -2.10. The Morgan fingerprint density at radius 3 is 2.44 bits per heavy atom. The van der Waals surface area contributed by atoms with E-state index in [1.54, 1.807) is 36.4 Å². The number of nitrogens with one attached hydrogen (secondary N) is 2. The maximum atomic E-state index is 12.4. The Labute approximate surface area is 199 Å². The van der Waals surface area contributed by atoms with Gasteiger partial charge in [-0.25, -0.2) is 17.7 Å². The van der Waals surface area contributed by atoms with Crippen molar-refractivity contribution in [1.29, 1.82) is 0 Å². The Hall–Kier alpha value is -3.44. The van der Waals surface area contributed by atoms with Crippen molar-refractivity contribution < 1.29 is 22.7 Å². The fourth-order valence-electron chi connectivity index (χ4n) is 3.32. The molecule has 10 nitrogen and oxygen atoms in total. The van der Waals surface area contributed by atoms with Gasteiger partial charge in [-0.05, 0) is 49.4 Å². The van der Waals surface area contributed by atoms with Gasteiger partial charge in [-0.15, -0.1) is 0 Å². The normalized spacial score (nSPS) is 11.6. The molecule has 2 N–H and O–H groups in total. The van der Waals surface area contributed by atoms with Crippen LogP contribution in [-0.2, 0) is 33.1 Å². The number of aryl methyl sites for hydroxylation is 2. The number of amides is 2. The van der Waals surface area contributed by atoms with E-state index < -0.39 is 10.0 Å². The number of carbonyl (C=O) groups excluding carboxylic acids is 2. The minimum absolute atomic E-state index is 0.135. The summed E-state index contributed by atoms with van der Waals surface area (Å²) in [6.07, 6.45) is 0.476. The number of aromatic nitrogens is 2. The highest BCUT2D eigenvalue weighted by molar-refractivity contribution is 7.89. The van der Waals surface area contributed by atoms with Gasteiger partial charge in [0.25, 0.3) is 0 Å². The molecule has 0 aliphatic rings. The molecular weight excluding hydrogens is 458 g/mol. The van der Waals surface area contributed by atoms with Crippen LogP contribution in [0.15, 0.2) is 47.4 Å². The van der Waals surface area contributed by atoms with Gasteiger partial charge in [-0.2, -0.15) is 0 Å². The summed E-state index contributed by atoms with van der Waals surface area (Å²) in [5.41, 5.74) is 1.91. The van der Waals surface area contributed by atoms with Crippen molar-refractivity contribution in [3.05, 3.63) is 48.3 Å². The summed E-state index contributed by atoms with van der Waals surface area (Å²) in [4.78, 5) is 29.0. The zero-order chi connectivity index (χ0) is 24.9. The predicted octanol–water partition coefficient (Wildman–Crippen LogP) is 1.91. The first-order chi connectivity index (χ1) is 16.1. The van der Waals surface area contributed by atoms with E-state index in [9.17, 15) is 18.0 Å². The van der Waals surface area contributed by atoms with E-state index in [1.807, 2.05) is 18.5 Å². The first-order valence-electron chi connectivity index (χ1n) is 10.8. The molecule has 0 aliphatic carbocycles. The van der Waals surface area contributed by atoms with Crippen molar-refractivity contribution in [2.24, 2.45) is 7.05 Å². The monoisotopic (exact) mass is 487 g/mol. The summed E-state index contributed by atoms with van der Waals surface area (Å²) in [6.45, 7) is 2.30. The van der Waals surface area contributed by atoms with Gasteiger partial charge in [0.15, 0.2) is 0 Å². The molecule has 2 amide bonds. The van der Waals surface area contributed by atoms with Gasteiger partial charge in [-0.1, -0.05) is 0 Å². The molecule has 11 heteroatoms. The molecule has 0 fully saturated rings. The van der Waals surface area contributed by atoms with Crippen molar-refractivity contribution >= 4 is 38.6 Å². The molecular formula is C23H29N5O5S. The summed E-state index contributed by atoms with van der Waals surface area (Å²) < 4.78 is 33.1. The van der Waals surface area contributed by atoms with Crippen molar-refractivity contribution in [1.82, 2.24) is 19.2 Å². The van der Waals surface area contributed by atoms with E-state index in [2.05, 4.69) is 15.6 Å². The van der Waals surface area contributed by atoms with Gasteiger partial charge < -0.3 is 19.9 Å². The molecule has 3 aromatic rings. The molecule has 0 unspecified atom stereocenters. The van der Waals surface area contributed by atoms with Crippen molar-refractivity contribution in [3.8, 4) is 5.75 Å². The Balaban J connectivity index is 1.54. The van der Waals surface area contributed by atoms with Gasteiger partial charge in [0.1, 0.15) is 11.6 Å². The Kier molecular flexibility index (Phi) is 7.90. The fourth-order valence-corrected chi connectivity index (χ4v) is 4.25. The molecule has 0 bridgehead atoms. The SMILES string of the molecule is CCOc1ccc(NC(=O)CNC(=O)CCc2nc3cc(S(=O)(=O)N(C)C)ccc3n2C)cc1. The summed E-state index contributed by atoms with van der Waals surface area (Å²) in [6, 6.07) is 11.7. The number of imidazole rings is 1. The lowest BCUT2D eigenvalue weighted by atomic mass is 10.2. The number of anilines is 1. The van der Waals surface area contributed by atoms with E-state index in [1.165, 1.54) is 20.2 Å². The smallest absolute Gasteiger partial charge is 0.243 e. The number of benzene rings is 2. The van der Waals surface area contributed by atoms with Crippen LogP contribution in [-0.4, -0.2) is 61.3 Å². The zero-order valence-corrected chi connectivity index (χ0v) is 20.5. The van der Waals surface area contributed by atoms with Gasteiger partial charge >= 0.3 is 0 Å². The number of hydrogen-bond acceptors (Lipinski definition) is 6. The highest BCUT2D eigenvalue weighted by Gasteiger charge is 2.19. The molecule has 0 aliphatic heterocycles. The molecule has 2 aromatic carbocycles. The third kappa shape index (κ3) is 5.91. The molecule has 0 radical (unpaired) electrons. The van der Waals surface area contributed by atoms with E-state index in [4.69, 9.17) is 4.74 Å². The van der Waals surface area contributed by atoms with Crippen molar-refractivity contribution in [2.45, 2.75) is 24.7 Å². The number of fused-ring (bicyclic) bond motifs is 1. The first-order valence-corrected chi connectivity index (χ1v) is 12.2. The number of hydrogen-bond donors (Lipinski definition) is 2. The number of nitrogens with zero attached hydrogens (tertiary/aromatic N) is 3. The van der Waals surface area contributed by atoms with Crippen LogP contribution in [0.25, 0.3) is 11.0 Å². The van der Waals surface area contributed by atoms with Crippen molar-refractivity contribution in [3.63, 3.8) is 0 Å². The average molecular weight is 488 g/mol. The first kappa shape index (κ1) is 25.2. The highest BCUT2D eigenvalue weighted by atomic mass is 32.2. The quantitative estimate of drug-likeness (QED) is 0.450. The topological polar surface area (TPSA) is 123 Å². The minimum atomic E-state index is -3.56. The van der Waals surface area contributed by atoms with Crippen LogP contribution in [0, 0.1) is 0 Å². The third-order valence-electron chi connectivity index (χ3n) is 5.19. The largest absolute Gasteiger partial charge is 0.494 e. The van der Waals surface area contributed by atoms with Crippen LogP contribution < -0.4 is 15.4 Å². The van der Waals surface area contributed by atoms with E-state index in [0.717, 1.165) is 9.82 Å². The summed E-state index contributed by atoms with van der Waals surface area (Å²) in [5, 5.41) is 5.32. The Bertz CT molecular complexity index is 1280. The number of sulfonamides is 1. The summed E-state index contributed by atoms with van der Waals surface area (Å²) in [5.74, 6) is 0.731. The molecule has 3 rings (SSSR count). The van der Waals surface area contributed by atoms with E-state index in [-0.39, 0.29) is 29.7 Å². The van der Waals surface area contributed by atoms with Crippen LogP contribution >= 0.6 is 0 Å². The fraction of sp³-hybridized carbons (Fsp3) is 0.348. The molecule has 0 saturated carbocycles. The number of ether oxygens (including phenoxy) is 1. The van der Waals surface area contributed by atoms with Gasteiger partial charge in [0, 0.05) is 39.7 Å². The molecule has 1 aromatic heterocycles. The third-order valence-corrected chi connectivity index (χ3v) is 7.01. The maximum absolute atomic E-state index is 12.4. The zero-order valence-electron chi connectivity index (χ0n) is 19.7. The van der Waals surface area contributed by atoms with Gasteiger partial charge in [0.05, 0.1) is 29.1 Å². The molecule has 0 saturated heterocycles. The minimum Gasteiger partial charge on any atom is -0.494 e. The second kappa shape index (κ2) is 10.7. The highest BCUT2D eigenvalue weighted by Crippen LogP contribution is 2.22. The second-order valence-electron chi connectivity index (χ2n) is 7.81. The molecule has 0 spiro atoms. The molecule has 1 heterocycles. The molecule has 34 heavy (non-hydrogen) atoms. The van der Waals surface area contributed by atoms with Crippen LogP contribution in [0.1, 0.15) is 19.2 Å². The van der Waals surface area contributed by atoms with E-state index in [0.29, 0.717) is 35.8 Å². The number of rotatable bonds is 10. The Morgan fingerprint density at radius 1 is 1.09 bits per heavy atom. The predicted molar refractivity (Wildman–Crippen MR) is 129 cm³/mol. The Morgan fingerprint density at radius 2 is 1.79 bits per heavy atom. The van der Waals surface area contributed by atoms with Gasteiger partial charge in [0.2, 0.25) is 21.8 Å². The molecule has 182 valence electrons. The average Bonchev–Trinajstić information content (AvgIpc) is 3.12. The lowest BCUT2D eigenvalue weighted by Crippen LogP contribution is -2.33. The van der Waals surface area contributed by atoms with Crippen molar-refractivity contribution in [2.75, 3.05) is 32.6 Å². The summed E-state index contributed by atoms with van der Waals surface area (Å²) >= 11 is 0. The molecule has 0 atom stereocenters. The maximum Gasteiger partial charge on any atom is 0.243 e.